The minimum absolute atomic E-state index is 0.118. The van der Waals surface area contributed by atoms with Crippen LogP contribution >= 0.6 is 11.6 Å². The van der Waals surface area contributed by atoms with Gasteiger partial charge in [0.1, 0.15) is 6.07 Å². The molecule has 2 rings (SSSR count). The average molecular weight is 235 g/mol. The van der Waals surface area contributed by atoms with Crippen molar-refractivity contribution >= 4 is 17.5 Å². The molecular formula is C10H7ClN4O. The van der Waals surface area contributed by atoms with Gasteiger partial charge in [0.25, 0.3) is 0 Å². The fraction of sp³-hybridized carbons (Fsp3) is 0. The van der Waals surface area contributed by atoms with Gasteiger partial charge in [-0.25, -0.2) is 5.84 Å². The summed E-state index contributed by atoms with van der Waals surface area (Å²) in [5.74, 6) is 5.65. The van der Waals surface area contributed by atoms with Crippen LogP contribution in [0.25, 0.3) is 11.5 Å². The predicted molar refractivity (Wildman–Crippen MR) is 59.5 cm³/mol. The number of hydrazine groups is 1. The van der Waals surface area contributed by atoms with E-state index in [0.29, 0.717) is 10.9 Å². The third-order valence-electron chi connectivity index (χ3n) is 1.96. The largest absolute Gasteiger partial charge is 0.418 e. The second-order valence-corrected chi connectivity index (χ2v) is 3.40. The van der Waals surface area contributed by atoms with E-state index in [9.17, 15) is 0 Å². The molecule has 16 heavy (non-hydrogen) atoms. The van der Waals surface area contributed by atoms with Crippen LogP contribution in [0, 0.1) is 11.3 Å². The van der Waals surface area contributed by atoms with Gasteiger partial charge in [-0.1, -0.05) is 11.6 Å². The Labute approximate surface area is 96.4 Å². The Morgan fingerprint density at radius 1 is 1.38 bits per heavy atom. The molecule has 0 aliphatic heterocycles. The molecular weight excluding hydrogens is 228 g/mol. The van der Waals surface area contributed by atoms with Gasteiger partial charge in [0, 0.05) is 10.6 Å². The lowest BCUT2D eigenvalue weighted by Crippen LogP contribution is -2.06. The highest BCUT2D eigenvalue weighted by Crippen LogP contribution is 2.25. The lowest BCUT2D eigenvalue weighted by molar-refractivity contribution is 0.586. The van der Waals surface area contributed by atoms with Crippen molar-refractivity contribution in [3.8, 4) is 17.5 Å². The number of nitrogens with zero attached hydrogens (tertiary/aromatic N) is 2. The number of benzene rings is 1. The van der Waals surface area contributed by atoms with Gasteiger partial charge < -0.3 is 4.42 Å². The molecule has 0 fully saturated rings. The fourth-order valence-electron chi connectivity index (χ4n) is 1.21. The predicted octanol–water partition coefficient (Wildman–Crippen LogP) is 2.15. The topological polar surface area (TPSA) is 87.9 Å². The number of hydrogen-bond acceptors (Lipinski definition) is 5. The quantitative estimate of drug-likeness (QED) is 0.614. The maximum atomic E-state index is 8.76. The number of hydrogen-bond donors (Lipinski definition) is 2. The van der Waals surface area contributed by atoms with Crippen LogP contribution < -0.4 is 11.3 Å². The number of rotatable bonds is 2. The van der Waals surface area contributed by atoms with Crippen molar-refractivity contribution in [2.45, 2.75) is 0 Å². The Morgan fingerprint density at radius 3 is 2.56 bits per heavy atom. The Morgan fingerprint density at radius 2 is 2.06 bits per heavy atom. The van der Waals surface area contributed by atoms with Crippen molar-refractivity contribution in [3.63, 3.8) is 0 Å². The standard InChI is InChI=1S/C10H7ClN4O/c11-7-3-1-6(2-4-7)9-14-8(5-12)10(15-13)16-9/h1-4,15H,13H2. The van der Waals surface area contributed by atoms with Crippen molar-refractivity contribution in [3.05, 3.63) is 35.0 Å². The van der Waals surface area contributed by atoms with Crippen molar-refractivity contribution in [2.24, 2.45) is 5.84 Å². The first kappa shape index (κ1) is 10.5. The van der Waals surface area contributed by atoms with Gasteiger partial charge in [-0.05, 0) is 24.3 Å². The van der Waals surface area contributed by atoms with E-state index in [-0.39, 0.29) is 11.6 Å². The normalized spacial score (nSPS) is 9.81. The van der Waals surface area contributed by atoms with E-state index < -0.39 is 0 Å². The van der Waals surface area contributed by atoms with E-state index in [1.165, 1.54) is 0 Å². The van der Waals surface area contributed by atoms with Crippen molar-refractivity contribution in [1.29, 1.82) is 5.26 Å². The molecule has 80 valence electrons. The first-order chi connectivity index (χ1) is 7.74. The molecule has 1 aromatic carbocycles. The van der Waals surface area contributed by atoms with Crippen LogP contribution in [0.1, 0.15) is 5.69 Å². The highest BCUT2D eigenvalue weighted by atomic mass is 35.5. The second-order valence-electron chi connectivity index (χ2n) is 2.96. The summed E-state index contributed by atoms with van der Waals surface area (Å²) in [6.45, 7) is 0. The molecule has 0 aliphatic carbocycles. The van der Waals surface area contributed by atoms with Crippen LogP contribution in [0.3, 0.4) is 0 Å². The first-order valence-electron chi connectivity index (χ1n) is 4.38. The van der Waals surface area contributed by atoms with E-state index in [2.05, 4.69) is 10.4 Å². The summed E-state index contributed by atoms with van der Waals surface area (Å²) >= 11 is 5.75. The molecule has 0 atom stereocenters. The van der Waals surface area contributed by atoms with Crippen LogP contribution in [0.4, 0.5) is 5.88 Å². The van der Waals surface area contributed by atoms with Crippen LogP contribution in [-0.2, 0) is 0 Å². The summed E-state index contributed by atoms with van der Waals surface area (Å²) in [5, 5.41) is 9.38. The van der Waals surface area contributed by atoms with Crippen LogP contribution in [0.5, 0.6) is 0 Å². The van der Waals surface area contributed by atoms with Crippen LogP contribution in [0.2, 0.25) is 5.02 Å². The fourth-order valence-corrected chi connectivity index (χ4v) is 1.34. The monoisotopic (exact) mass is 234 g/mol. The summed E-state index contributed by atoms with van der Waals surface area (Å²) in [4.78, 5) is 3.99. The maximum absolute atomic E-state index is 8.76. The summed E-state index contributed by atoms with van der Waals surface area (Å²) in [6.07, 6.45) is 0. The van der Waals surface area contributed by atoms with Crippen molar-refractivity contribution in [2.75, 3.05) is 5.43 Å². The molecule has 1 heterocycles. The smallest absolute Gasteiger partial charge is 0.246 e. The minimum atomic E-state index is 0.118. The van der Waals surface area contributed by atoms with Gasteiger partial charge in [-0.15, -0.1) is 0 Å². The van der Waals surface area contributed by atoms with Crippen LogP contribution in [-0.4, -0.2) is 4.98 Å². The SMILES string of the molecule is N#Cc1nc(-c2ccc(Cl)cc2)oc1NN. The van der Waals surface area contributed by atoms with Crippen molar-refractivity contribution in [1.82, 2.24) is 4.98 Å². The number of nitrogens with two attached hydrogens (primary N) is 1. The molecule has 6 heteroatoms. The van der Waals surface area contributed by atoms with Gasteiger partial charge in [-0.3, -0.25) is 5.43 Å². The maximum Gasteiger partial charge on any atom is 0.246 e. The third kappa shape index (κ3) is 1.84. The van der Waals surface area contributed by atoms with Crippen LogP contribution in [0.15, 0.2) is 28.7 Å². The first-order valence-corrected chi connectivity index (χ1v) is 4.76. The molecule has 1 aromatic heterocycles. The molecule has 2 aromatic rings. The molecule has 5 nitrogen and oxygen atoms in total. The number of aromatic nitrogens is 1. The van der Waals surface area contributed by atoms with E-state index in [4.69, 9.17) is 27.1 Å². The van der Waals surface area contributed by atoms with E-state index in [0.717, 1.165) is 5.56 Å². The molecule has 0 spiro atoms. The summed E-state index contributed by atoms with van der Waals surface area (Å²) in [5.41, 5.74) is 3.11. The number of nitrogen functional groups attached to an aromatic ring is 1. The van der Waals surface area contributed by atoms with Gasteiger partial charge in [0.05, 0.1) is 0 Å². The van der Waals surface area contributed by atoms with Crippen molar-refractivity contribution < 1.29 is 4.42 Å². The molecule has 0 unspecified atom stereocenters. The van der Waals surface area contributed by atoms with Gasteiger partial charge in [-0.2, -0.15) is 10.2 Å². The summed E-state index contributed by atoms with van der Waals surface area (Å²) < 4.78 is 5.27. The number of nitrogens with one attached hydrogen (secondary N) is 1. The highest BCUT2D eigenvalue weighted by molar-refractivity contribution is 6.30. The Kier molecular flexibility index (Phi) is 2.77. The van der Waals surface area contributed by atoms with E-state index in [1.54, 1.807) is 24.3 Å². The number of halogens is 1. The highest BCUT2D eigenvalue weighted by Gasteiger charge is 2.12. The van der Waals surface area contributed by atoms with E-state index in [1.807, 2.05) is 6.07 Å². The molecule has 0 saturated carbocycles. The third-order valence-corrected chi connectivity index (χ3v) is 2.21. The summed E-state index contributed by atoms with van der Waals surface area (Å²) in [7, 11) is 0. The Balaban J connectivity index is 2.45. The average Bonchev–Trinajstić information content (AvgIpc) is 2.73. The Hall–Kier alpha value is -2.03. The molecule has 0 aliphatic rings. The number of oxazole rings is 1. The lowest BCUT2D eigenvalue weighted by atomic mass is 10.2. The zero-order valence-electron chi connectivity index (χ0n) is 8.07. The molecule has 0 bridgehead atoms. The molecule has 3 N–H and O–H groups in total. The van der Waals surface area contributed by atoms with Gasteiger partial charge >= 0.3 is 0 Å². The number of nitriles is 1. The zero-order valence-corrected chi connectivity index (χ0v) is 8.82. The zero-order chi connectivity index (χ0) is 11.5. The minimum Gasteiger partial charge on any atom is -0.418 e. The number of anilines is 1. The molecule has 0 radical (unpaired) electrons. The van der Waals surface area contributed by atoms with Gasteiger partial charge in [0.2, 0.25) is 17.5 Å². The Bertz CT molecular complexity index is 541. The van der Waals surface area contributed by atoms with E-state index >= 15 is 0 Å². The lowest BCUT2D eigenvalue weighted by Gasteiger charge is -1.95. The summed E-state index contributed by atoms with van der Waals surface area (Å²) in [6, 6.07) is 8.79. The van der Waals surface area contributed by atoms with Gasteiger partial charge in [0.15, 0.2) is 0 Å². The molecule has 0 amide bonds. The molecule has 0 saturated heterocycles. The second kappa shape index (κ2) is 4.23.